The number of nitrogens with two attached hydrogens (primary N) is 1. The largest absolute Gasteiger partial charge is 0.378 e. The van der Waals surface area contributed by atoms with Gasteiger partial charge in [-0.25, -0.2) is 8.42 Å². The summed E-state index contributed by atoms with van der Waals surface area (Å²) in [6.07, 6.45) is 5.13. The van der Waals surface area contributed by atoms with Crippen molar-refractivity contribution >= 4 is 9.84 Å². The third kappa shape index (κ3) is 4.70. The van der Waals surface area contributed by atoms with Crippen molar-refractivity contribution < 1.29 is 13.2 Å². The Morgan fingerprint density at radius 1 is 1.21 bits per heavy atom. The van der Waals surface area contributed by atoms with Crippen LogP contribution in [0.3, 0.4) is 0 Å². The molecular formula is C13H26N2O3S. The first-order chi connectivity index (χ1) is 9.11. The minimum atomic E-state index is -2.80. The maximum Gasteiger partial charge on any atom is 0.151 e. The molecule has 0 spiro atoms. The van der Waals surface area contributed by atoms with Crippen LogP contribution in [0.4, 0.5) is 0 Å². The van der Waals surface area contributed by atoms with Crippen LogP contribution in [-0.4, -0.2) is 63.2 Å². The fourth-order valence-electron chi connectivity index (χ4n) is 3.03. The Hall–Kier alpha value is -0.170. The Morgan fingerprint density at radius 2 is 1.95 bits per heavy atom. The summed E-state index contributed by atoms with van der Waals surface area (Å²) in [6.45, 7) is 3.36. The van der Waals surface area contributed by atoms with E-state index in [1.54, 1.807) is 0 Å². The predicted octanol–water partition coefficient (Wildman–Crippen LogP) is 0.393. The molecule has 0 aromatic carbocycles. The van der Waals surface area contributed by atoms with E-state index in [1.165, 1.54) is 0 Å². The second kappa shape index (κ2) is 7.02. The molecule has 1 atom stereocenters. The highest BCUT2D eigenvalue weighted by atomic mass is 32.2. The number of piperidine rings is 1. The van der Waals surface area contributed by atoms with Crippen LogP contribution in [0.15, 0.2) is 0 Å². The molecule has 0 amide bonds. The molecule has 1 unspecified atom stereocenters. The van der Waals surface area contributed by atoms with Gasteiger partial charge >= 0.3 is 0 Å². The van der Waals surface area contributed by atoms with Crippen LogP contribution in [0.1, 0.15) is 32.1 Å². The first kappa shape index (κ1) is 15.2. The van der Waals surface area contributed by atoms with Crippen molar-refractivity contribution in [1.29, 1.82) is 0 Å². The lowest BCUT2D eigenvalue weighted by Crippen LogP contribution is -2.48. The maximum absolute atomic E-state index is 11.7. The van der Waals surface area contributed by atoms with E-state index in [-0.39, 0.29) is 6.04 Å². The van der Waals surface area contributed by atoms with Crippen LogP contribution in [0.2, 0.25) is 0 Å². The van der Waals surface area contributed by atoms with E-state index in [1.807, 2.05) is 0 Å². The minimum Gasteiger partial charge on any atom is -0.378 e. The van der Waals surface area contributed by atoms with E-state index >= 15 is 0 Å². The van der Waals surface area contributed by atoms with Crippen LogP contribution in [-0.2, 0) is 14.6 Å². The van der Waals surface area contributed by atoms with E-state index in [0.29, 0.717) is 24.2 Å². The highest BCUT2D eigenvalue weighted by Gasteiger charge is 2.31. The standard InChI is InChI=1S/C13H26N2O3S/c14-6-2-9-18-13-4-7-15(8-5-13)12-3-1-10-19(16,17)11-12/h12-13H,1-11,14H2. The SMILES string of the molecule is NCCCOC1CCN(C2CCCS(=O)(=O)C2)CC1. The predicted molar refractivity (Wildman–Crippen MR) is 75.9 cm³/mol. The topological polar surface area (TPSA) is 72.6 Å². The first-order valence-electron chi connectivity index (χ1n) is 7.37. The van der Waals surface area contributed by atoms with Crippen molar-refractivity contribution in [2.24, 2.45) is 5.73 Å². The Balaban J connectivity index is 1.73. The molecule has 2 aliphatic rings. The molecule has 2 N–H and O–H groups in total. The van der Waals surface area contributed by atoms with Crippen LogP contribution >= 0.6 is 0 Å². The number of likely N-dealkylation sites (tertiary alicyclic amines) is 1. The van der Waals surface area contributed by atoms with Gasteiger partial charge in [-0.1, -0.05) is 0 Å². The number of rotatable bonds is 5. The lowest BCUT2D eigenvalue weighted by Gasteiger charge is -2.38. The molecule has 2 fully saturated rings. The zero-order chi connectivity index (χ0) is 13.7. The van der Waals surface area contributed by atoms with Gasteiger partial charge in [0.25, 0.3) is 0 Å². The van der Waals surface area contributed by atoms with Crippen molar-refractivity contribution in [3.8, 4) is 0 Å². The Bertz CT molecular complexity index is 364. The third-order valence-electron chi connectivity index (χ3n) is 4.13. The number of nitrogens with zero attached hydrogens (tertiary/aromatic N) is 1. The van der Waals surface area contributed by atoms with Crippen LogP contribution in [0.5, 0.6) is 0 Å². The van der Waals surface area contributed by atoms with Crippen molar-refractivity contribution in [1.82, 2.24) is 4.90 Å². The Kier molecular flexibility index (Phi) is 5.62. The van der Waals surface area contributed by atoms with Crippen LogP contribution in [0, 0.1) is 0 Å². The smallest absolute Gasteiger partial charge is 0.151 e. The number of hydrogen-bond donors (Lipinski definition) is 1. The molecule has 0 saturated carbocycles. The lowest BCUT2D eigenvalue weighted by atomic mass is 10.0. The zero-order valence-corrected chi connectivity index (χ0v) is 12.4. The summed E-state index contributed by atoms with van der Waals surface area (Å²) in [5.74, 6) is 0.730. The van der Waals surface area contributed by atoms with Gasteiger partial charge in [-0.3, -0.25) is 4.90 Å². The molecule has 2 rings (SSSR count). The summed E-state index contributed by atoms with van der Waals surface area (Å²) in [4.78, 5) is 2.35. The number of ether oxygens (including phenoxy) is 1. The average Bonchev–Trinajstić information content (AvgIpc) is 2.39. The van der Waals surface area contributed by atoms with Gasteiger partial charge < -0.3 is 10.5 Å². The van der Waals surface area contributed by atoms with E-state index in [2.05, 4.69) is 4.90 Å². The summed E-state index contributed by atoms with van der Waals surface area (Å²) in [6, 6.07) is 0.240. The van der Waals surface area contributed by atoms with Crippen molar-refractivity contribution in [3.63, 3.8) is 0 Å². The fraction of sp³-hybridized carbons (Fsp3) is 1.00. The van der Waals surface area contributed by atoms with Crippen molar-refractivity contribution in [2.75, 3.05) is 37.7 Å². The van der Waals surface area contributed by atoms with Crippen LogP contribution in [0.25, 0.3) is 0 Å². The molecule has 2 heterocycles. The van der Waals surface area contributed by atoms with Gasteiger partial charge in [-0.05, 0) is 38.6 Å². The van der Waals surface area contributed by atoms with Gasteiger partial charge in [-0.2, -0.15) is 0 Å². The molecule has 0 radical (unpaired) electrons. The van der Waals surface area contributed by atoms with Gasteiger partial charge in [0.2, 0.25) is 0 Å². The first-order valence-corrected chi connectivity index (χ1v) is 9.19. The van der Waals surface area contributed by atoms with E-state index in [4.69, 9.17) is 10.5 Å². The fourth-order valence-corrected chi connectivity index (χ4v) is 4.76. The van der Waals surface area contributed by atoms with Crippen LogP contribution < -0.4 is 5.73 Å². The lowest BCUT2D eigenvalue weighted by molar-refractivity contribution is -0.00123. The normalized spacial score (nSPS) is 29.4. The summed E-state index contributed by atoms with van der Waals surface area (Å²) < 4.78 is 29.1. The molecule has 2 aliphatic heterocycles. The van der Waals surface area contributed by atoms with Gasteiger partial charge in [0.05, 0.1) is 17.6 Å². The number of hydrogen-bond acceptors (Lipinski definition) is 5. The van der Waals surface area contributed by atoms with E-state index in [0.717, 1.165) is 51.8 Å². The second-order valence-electron chi connectivity index (χ2n) is 5.66. The Labute approximate surface area is 116 Å². The zero-order valence-electron chi connectivity index (χ0n) is 11.6. The van der Waals surface area contributed by atoms with Gasteiger partial charge in [0.1, 0.15) is 0 Å². The summed E-state index contributed by atoms with van der Waals surface area (Å²) in [7, 11) is -2.80. The van der Waals surface area contributed by atoms with Crippen molar-refractivity contribution in [2.45, 2.75) is 44.2 Å². The molecule has 19 heavy (non-hydrogen) atoms. The molecule has 0 aromatic rings. The summed E-state index contributed by atoms with van der Waals surface area (Å²) in [5, 5.41) is 0. The van der Waals surface area contributed by atoms with E-state index < -0.39 is 9.84 Å². The Morgan fingerprint density at radius 3 is 2.58 bits per heavy atom. The molecule has 0 aliphatic carbocycles. The number of sulfone groups is 1. The van der Waals surface area contributed by atoms with E-state index in [9.17, 15) is 8.42 Å². The highest BCUT2D eigenvalue weighted by molar-refractivity contribution is 7.91. The molecule has 2 saturated heterocycles. The molecule has 0 bridgehead atoms. The monoisotopic (exact) mass is 290 g/mol. The van der Waals surface area contributed by atoms with Gasteiger partial charge in [-0.15, -0.1) is 0 Å². The molecule has 0 aromatic heterocycles. The van der Waals surface area contributed by atoms with Gasteiger partial charge in [0, 0.05) is 25.7 Å². The highest BCUT2D eigenvalue weighted by Crippen LogP contribution is 2.22. The quantitative estimate of drug-likeness (QED) is 0.742. The average molecular weight is 290 g/mol. The molecule has 6 heteroatoms. The molecule has 112 valence electrons. The van der Waals surface area contributed by atoms with Gasteiger partial charge in [0.15, 0.2) is 9.84 Å². The molecular weight excluding hydrogens is 264 g/mol. The van der Waals surface area contributed by atoms with Crippen molar-refractivity contribution in [3.05, 3.63) is 0 Å². The maximum atomic E-state index is 11.7. The summed E-state index contributed by atoms with van der Waals surface area (Å²) >= 11 is 0. The minimum absolute atomic E-state index is 0.240. The summed E-state index contributed by atoms with van der Waals surface area (Å²) in [5.41, 5.74) is 5.44. The second-order valence-corrected chi connectivity index (χ2v) is 7.89. The molecule has 5 nitrogen and oxygen atoms in total. The third-order valence-corrected chi connectivity index (χ3v) is 5.94.